The molecule has 0 saturated heterocycles. The van der Waals surface area contributed by atoms with Gasteiger partial charge in [-0.15, -0.1) is 0 Å². The Balaban J connectivity index is 0.000000148. The van der Waals surface area contributed by atoms with Gasteiger partial charge in [0.2, 0.25) is 0 Å². The third-order valence-corrected chi connectivity index (χ3v) is 24.0. The molecule has 130 heavy (non-hydrogen) atoms. The van der Waals surface area contributed by atoms with Gasteiger partial charge in [0.25, 0.3) is 0 Å². The Hall–Kier alpha value is -17.7. The summed E-state index contributed by atoms with van der Waals surface area (Å²) in [5.74, 6) is 5.06. The fourth-order valence-corrected chi connectivity index (χ4v) is 17.6. The van der Waals surface area contributed by atoms with Crippen LogP contribution in [-0.2, 0) is 0 Å². The predicted octanol–water partition coefficient (Wildman–Crippen LogP) is 29.2. The van der Waals surface area contributed by atoms with E-state index in [-0.39, 0.29) is 0 Å². The van der Waals surface area contributed by atoms with Crippen LogP contribution in [0.4, 0.5) is 0 Å². The van der Waals surface area contributed by atoms with Crippen molar-refractivity contribution in [2.75, 3.05) is 0 Å². The summed E-state index contributed by atoms with van der Waals surface area (Å²) in [6, 6.07) is 160. The summed E-state index contributed by atoms with van der Waals surface area (Å²) in [6.07, 6.45) is 0. The second kappa shape index (κ2) is 33.7. The fraction of sp³-hybridized carbons (Fsp3) is 0. The lowest BCUT2D eigenvalue weighted by atomic mass is 9.98. The monoisotopic (exact) mass is 1660 g/mol. The lowest BCUT2D eigenvalue weighted by Gasteiger charge is -2.12. The molecule has 0 atom stereocenters. The van der Waals surface area contributed by atoms with E-state index in [1.807, 2.05) is 146 Å². The van der Waals surface area contributed by atoms with Crippen LogP contribution in [0.15, 0.2) is 461 Å². The highest BCUT2D eigenvalue weighted by atomic mass is 15.1. The zero-order valence-electron chi connectivity index (χ0n) is 70.2. The SMILES string of the molecule is c1ccc(-c2cc(-c3cccc(-c4cccc(-c5nc(-c6ccccc6)nc(-c6ccccc6)n5)c4)c3)nc(-c3ccc4c5cc6ccccc6cc5n(-c5ccccc5)c4c3)n2)cc1.c1ccc(-c2nc(-c3cccc(-c4cccc(-c5nc(-c6ccccc6)nc(-c6ccccc6)n5)c4)c3)cc(-c3ccc4c5cc6ccccc6cc5n(-c5ccccc5)c4c3)n2)cc1. The van der Waals surface area contributed by atoms with E-state index in [9.17, 15) is 0 Å². The summed E-state index contributed by atoms with van der Waals surface area (Å²) in [7, 11) is 0. The van der Waals surface area contributed by atoms with Gasteiger partial charge in [0.1, 0.15) is 0 Å². The van der Waals surface area contributed by atoms with Crippen molar-refractivity contribution in [1.82, 2.24) is 59.0 Å². The molecule has 0 amide bonds. The molecule has 12 heteroatoms. The lowest BCUT2D eigenvalue weighted by Crippen LogP contribution is -2.00. The maximum Gasteiger partial charge on any atom is 0.164 e. The molecule has 0 aliphatic carbocycles. The van der Waals surface area contributed by atoms with Gasteiger partial charge >= 0.3 is 0 Å². The van der Waals surface area contributed by atoms with Crippen molar-refractivity contribution >= 4 is 65.2 Å². The standard InChI is InChI=1S/2C59H38N6/c1-5-17-39(18-6-1)56-60-52(38-53(61-56)47-31-32-50-51-35-44-23-13-14-24-45(44)36-55(51)65(54(50)37-47)49-29-11-4-12-30-49)46-27-15-25-42(33-46)43-26-16-28-48(34-43)59-63-57(40-19-7-2-8-20-40)62-58(64-59)41-21-9-3-10-22-41;1-5-17-39(18-6-1)52-38-53(61-58(60-52)48-31-32-50-51-35-44-23-13-14-24-45(44)36-55(51)65(54(50)37-48)49-29-11-4-12-30-49)46-27-15-25-42(33-46)43-26-16-28-47(34-43)59-63-56(40-19-7-2-8-20-40)62-57(64-59)41-21-9-3-10-22-41/h2*1-38H. The highest BCUT2D eigenvalue weighted by Gasteiger charge is 2.23. The van der Waals surface area contributed by atoms with Crippen molar-refractivity contribution in [3.8, 4) is 170 Å². The molecule has 24 aromatic rings. The average Bonchev–Trinajstić information content (AvgIpc) is 1.58. The Labute approximate surface area is 750 Å². The third kappa shape index (κ3) is 15.2. The number of aromatic nitrogens is 12. The molecule has 0 saturated carbocycles. The highest BCUT2D eigenvalue weighted by Crippen LogP contribution is 2.43. The summed E-state index contributed by atoms with van der Waals surface area (Å²) >= 11 is 0. The number of para-hydroxylation sites is 2. The van der Waals surface area contributed by atoms with E-state index in [2.05, 4.69) is 325 Å². The molecule has 12 nitrogen and oxygen atoms in total. The zero-order valence-corrected chi connectivity index (χ0v) is 70.2. The fourth-order valence-electron chi connectivity index (χ4n) is 17.6. The Morgan fingerprint density at radius 1 is 0.123 bits per heavy atom. The summed E-state index contributed by atoms with van der Waals surface area (Å²) in [5.41, 5.74) is 25.7. The van der Waals surface area contributed by atoms with Crippen molar-refractivity contribution in [3.63, 3.8) is 0 Å². The summed E-state index contributed by atoms with van der Waals surface area (Å²) < 4.78 is 4.74. The van der Waals surface area contributed by atoms with E-state index in [1.54, 1.807) is 0 Å². The molecule has 18 aromatic carbocycles. The van der Waals surface area contributed by atoms with E-state index in [4.69, 9.17) is 49.8 Å². The first-order valence-electron chi connectivity index (χ1n) is 43.5. The molecule has 6 heterocycles. The average molecular weight is 1660 g/mol. The Bertz CT molecular complexity index is 7780. The third-order valence-electron chi connectivity index (χ3n) is 24.0. The lowest BCUT2D eigenvalue weighted by molar-refractivity contribution is 1.07. The molecule has 24 rings (SSSR count). The largest absolute Gasteiger partial charge is 0.309 e. The number of rotatable bonds is 16. The second-order valence-corrected chi connectivity index (χ2v) is 32.3. The van der Waals surface area contributed by atoms with Gasteiger partial charge in [-0.1, -0.05) is 364 Å². The van der Waals surface area contributed by atoms with Crippen molar-refractivity contribution < 1.29 is 0 Å². The van der Waals surface area contributed by atoms with Gasteiger partial charge in [0.15, 0.2) is 46.6 Å². The summed E-state index contributed by atoms with van der Waals surface area (Å²) in [6.45, 7) is 0. The van der Waals surface area contributed by atoms with Gasteiger partial charge in [0.05, 0.1) is 44.8 Å². The van der Waals surface area contributed by atoms with Gasteiger partial charge in [-0.2, -0.15) is 0 Å². The maximum atomic E-state index is 5.34. The van der Waals surface area contributed by atoms with Crippen molar-refractivity contribution in [3.05, 3.63) is 461 Å². The smallest absolute Gasteiger partial charge is 0.164 e. The first-order valence-corrected chi connectivity index (χ1v) is 43.5. The van der Waals surface area contributed by atoms with E-state index in [1.165, 1.54) is 48.6 Å². The minimum absolute atomic E-state index is 0.611. The van der Waals surface area contributed by atoms with Gasteiger partial charge in [-0.05, 0) is 141 Å². The van der Waals surface area contributed by atoms with Crippen LogP contribution < -0.4 is 0 Å². The van der Waals surface area contributed by atoms with Gasteiger partial charge in [0, 0.05) is 99.7 Å². The minimum atomic E-state index is 0.611. The molecule has 0 fully saturated rings. The van der Waals surface area contributed by atoms with Crippen LogP contribution in [0.1, 0.15) is 0 Å². The molecule has 0 bridgehead atoms. The number of hydrogen-bond donors (Lipinski definition) is 0. The number of benzene rings is 18. The highest BCUT2D eigenvalue weighted by molar-refractivity contribution is 6.16. The summed E-state index contributed by atoms with van der Waals surface area (Å²) in [5, 5.41) is 9.64. The van der Waals surface area contributed by atoms with Crippen LogP contribution in [0.3, 0.4) is 0 Å². The topological polar surface area (TPSA) is 139 Å². The van der Waals surface area contributed by atoms with Crippen LogP contribution in [0.2, 0.25) is 0 Å². The van der Waals surface area contributed by atoms with Gasteiger partial charge < -0.3 is 9.13 Å². The van der Waals surface area contributed by atoms with Crippen molar-refractivity contribution in [1.29, 1.82) is 0 Å². The Morgan fingerprint density at radius 3 is 0.685 bits per heavy atom. The predicted molar refractivity (Wildman–Crippen MR) is 531 cm³/mol. The molecular formula is C118H76N12. The number of nitrogens with zero attached hydrogens (tertiary/aromatic N) is 12. The quantitative estimate of drug-likeness (QED) is 0.0919. The van der Waals surface area contributed by atoms with Crippen LogP contribution >= 0.6 is 0 Å². The van der Waals surface area contributed by atoms with E-state index in [0.717, 1.165) is 140 Å². The maximum absolute atomic E-state index is 5.34. The number of fused-ring (bicyclic) bond motifs is 8. The molecule has 0 radical (unpaired) electrons. The van der Waals surface area contributed by atoms with E-state index in [0.29, 0.717) is 46.6 Å². The molecule has 0 aliphatic heterocycles. The van der Waals surface area contributed by atoms with Crippen LogP contribution in [0, 0.1) is 0 Å². The molecule has 0 aliphatic rings. The number of hydrogen-bond acceptors (Lipinski definition) is 10. The van der Waals surface area contributed by atoms with Crippen LogP contribution in [0.25, 0.3) is 235 Å². The second-order valence-electron chi connectivity index (χ2n) is 32.3. The first kappa shape index (κ1) is 77.1. The molecule has 6 aromatic heterocycles. The molecule has 0 N–H and O–H groups in total. The molecule has 0 spiro atoms. The van der Waals surface area contributed by atoms with E-state index < -0.39 is 0 Å². The Morgan fingerprint density at radius 2 is 0.338 bits per heavy atom. The molecular weight excluding hydrogens is 1590 g/mol. The summed E-state index contributed by atoms with van der Waals surface area (Å²) in [4.78, 5) is 50.9. The van der Waals surface area contributed by atoms with Gasteiger partial charge in [-0.3, -0.25) is 0 Å². The zero-order chi connectivity index (χ0) is 86.2. The molecule has 0 unspecified atom stereocenters. The minimum Gasteiger partial charge on any atom is -0.309 e. The van der Waals surface area contributed by atoms with E-state index >= 15 is 0 Å². The van der Waals surface area contributed by atoms with Crippen molar-refractivity contribution in [2.24, 2.45) is 0 Å². The van der Waals surface area contributed by atoms with Crippen molar-refractivity contribution in [2.45, 2.75) is 0 Å². The first-order chi connectivity index (χ1) is 64.4. The van der Waals surface area contributed by atoms with Crippen LogP contribution in [-0.4, -0.2) is 59.0 Å². The molecule has 608 valence electrons. The van der Waals surface area contributed by atoms with Crippen LogP contribution in [0.5, 0.6) is 0 Å². The normalized spacial score (nSPS) is 11.4. The Kier molecular flexibility index (Phi) is 20.0. The van der Waals surface area contributed by atoms with Gasteiger partial charge in [-0.25, -0.2) is 49.8 Å².